The van der Waals surface area contributed by atoms with E-state index in [1.807, 2.05) is 77.7 Å². The molecule has 0 saturated carbocycles. The molecule has 3 saturated heterocycles. The van der Waals surface area contributed by atoms with E-state index in [2.05, 4.69) is 32.7 Å². The lowest BCUT2D eigenvalue weighted by Crippen LogP contribution is -2.57. The van der Waals surface area contributed by atoms with Crippen molar-refractivity contribution < 1.29 is 48.1 Å². The number of amides is 6. The van der Waals surface area contributed by atoms with Gasteiger partial charge < -0.3 is 45.9 Å². The largest absolute Gasteiger partial charge is 0.508 e. The summed E-state index contributed by atoms with van der Waals surface area (Å²) >= 11 is 0. The zero-order valence-electron chi connectivity index (χ0n) is 39.2. The van der Waals surface area contributed by atoms with Crippen LogP contribution in [0.25, 0.3) is 0 Å². The molecule has 7 atom stereocenters. The Bertz CT molecular complexity index is 2900. The van der Waals surface area contributed by atoms with Crippen LogP contribution in [0.5, 0.6) is 5.75 Å². The van der Waals surface area contributed by atoms with Gasteiger partial charge in [0.2, 0.25) is 11.8 Å². The number of methoxy groups -OCH3 is 1. The number of phenolic OH excluding ortho intramolecular Hbond substituents is 1. The molecular formula is C54H53N7O10. The van der Waals surface area contributed by atoms with Crippen molar-refractivity contribution in [2.24, 2.45) is 17.6 Å². The van der Waals surface area contributed by atoms with E-state index in [4.69, 9.17) is 19.9 Å². The highest BCUT2D eigenvalue weighted by molar-refractivity contribution is 6.25. The van der Waals surface area contributed by atoms with Gasteiger partial charge in [-0.25, -0.2) is 19.3 Å². The number of primary amides is 1. The first-order valence-electron chi connectivity index (χ1n) is 23.3. The number of nitrogens with zero attached hydrogens (tertiary/aromatic N) is 3. The SMILES string of the molecule is COC(=O)C(NC(=O)N1C(=O)C2(c3cc(C#CCNC(N)=O)ccc31)C(C(=O)Nc1ccc(N3CCOCC3)cc1)C1C(=O)OC(c3ccccc3)C(c3ccccc3)N1C2c1ccc(O)cc1)C(C)C. The van der Waals surface area contributed by atoms with Gasteiger partial charge in [-0.2, -0.15) is 0 Å². The summed E-state index contributed by atoms with van der Waals surface area (Å²) in [6, 6.07) is 30.0. The number of anilines is 3. The second-order valence-corrected chi connectivity index (χ2v) is 18.1. The number of nitrogens with two attached hydrogens (primary N) is 1. The number of ether oxygens (including phenoxy) is 3. The first kappa shape index (κ1) is 47.8. The van der Waals surface area contributed by atoms with Crippen molar-refractivity contribution in [1.82, 2.24) is 15.5 Å². The van der Waals surface area contributed by atoms with Crippen LogP contribution in [-0.4, -0.2) is 97.9 Å². The predicted octanol–water partition coefficient (Wildman–Crippen LogP) is 5.46. The summed E-state index contributed by atoms with van der Waals surface area (Å²) < 4.78 is 17.2. The van der Waals surface area contributed by atoms with Crippen LogP contribution >= 0.6 is 0 Å². The summed E-state index contributed by atoms with van der Waals surface area (Å²) in [6.07, 6.45) is -0.981. The third-order valence-corrected chi connectivity index (χ3v) is 13.6. The van der Waals surface area contributed by atoms with E-state index in [0.29, 0.717) is 54.2 Å². The van der Waals surface area contributed by atoms with Gasteiger partial charge in [0.1, 0.15) is 29.4 Å². The average molecular weight is 960 g/mol. The van der Waals surface area contributed by atoms with Gasteiger partial charge in [-0.05, 0) is 82.8 Å². The third-order valence-electron chi connectivity index (χ3n) is 13.6. The van der Waals surface area contributed by atoms with Crippen LogP contribution in [0.1, 0.15) is 59.9 Å². The molecule has 6 N–H and O–H groups in total. The zero-order chi connectivity index (χ0) is 50.0. The minimum absolute atomic E-state index is 0.0567. The van der Waals surface area contributed by atoms with Crippen molar-refractivity contribution in [3.63, 3.8) is 0 Å². The van der Waals surface area contributed by atoms with Crippen LogP contribution in [0.4, 0.5) is 26.7 Å². The van der Waals surface area contributed by atoms with E-state index in [0.717, 1.165) is 10.6 Å². The Morgan fingerprint density at radius 3 is 2.14 bits per heavy atom. The highest BCUT2D eigenvalue weighted by Gasteiger charge is 2.75. The number of hydrogen-bond acceptors (Lipinski definition) is 12. The summed E-state index contributed by atoms with van der Waals surface area (Å²) in [7, 11) is 1.19. The molecular weight excluding hydrogens is 907 g/mol. The Morgan fingerprint density at radius 1 is 0.845 bits per heavy atom. The number of benzene rings is 5. The Labute approximate surface area is 410 Å². The molecule has 17 nitrogen and oxygen atoms in total. The minimum atomic E-state index is -2.18. The number of hydrogen-bond donors (Lipinski definition) is 5. The number of morpholine rings is 2. The average Bonchev–Trinajstić information content (AvgIpc) is 3.84. The number of imide groups is 1. The molecule has 5 aromatic carbocycles. The molecule has 6 amide bonds. The number of esters is 2. The Hall–Kier alpha value is -8.20. The molecule has 0 aliphatic carbocycles. The fraction of sp³-hybridized carbons (Fsp3) is 0.296. The first-order chi connectivity index (χ1) is 34.3. The van der Waals surface area contributed by atoms with Gasteiger partial charge in [0, 0.05) is 30.0 Å². The number of carbonyl (C=O) groups excluding carboxylic acids is 6. The molecule has 5 aromatic rings. The van der Waals surface area contributed by atoms with Crippen molar-refractivity contribution in [3.05, 3.63) is 155 Å². The summed E-state index contributed by atoms with van der Waals surface area (Å²) in [4.78, 5) is 92.7. The highest BCUT2D eigenvalue weighted by atomic mass is 16.6. The summed E-state index contributed by atoms with van der Waals surface area (Å²) in [6.45, 7) is 5.79. The highest BCUT2D eigenvalue weighted by Crippen LogP contribution is 2.66. The van der Waals surface area contributed by atoms with Crippen molar-refractivity contribution in [1.29, 1.82) is 0 Å². The van der Waals surface area contributed by atoms with E-state index >= 15 is 19.2 Å². The molecule has 0 radical (unpaired) electrons. The van der Waals surface area contributed by atoms with Crippen LogP contribution in [0, 0.1) is 23.7 Å². The van der Waals surface area contributed by atoms with Gasteiger partial charge in [0.15, 0.2) is 0 Å². The lowest BCUT2D eigenvalue weighted by molar-refractivity contribution is -0.177. The van der Waals surface area contributed by atoms with E-state index < -0.39 is 83.3 Å². The van der Waals surface area contributed by atoms with Crippen LogP contribution in [0.2, 0.25) is 0 Å². The molecule has 7 unspecified atom stereocenters. The molecule has 3 fully saturated rings. The van der Waals surface area contributed by atoms with Gasteiger partial charge >= 0.3 is 24.0 Å². The summed E-state index contributed by atoms with van der Waals surface area (Å²) in [5.74, 6) is 0.486. The number of cyclic esters (lactones) is 1. The standard InChI is InChI=1S/C54H53N7O10/c1-32(2)43(49(64)69-3)58-53(68)60-41-25-16-33(11-10-26-56-52(55)67)31-40(41)54(51(60)66)42(48(63)57-37-19-21-38(22-20-37)59-27-29-70-30-28-59)45-50(65)71-46(35-14-8-5-9-15-35)44(34-12-6-4-7-13-34)61(45)47(54)36-17-23-39(62)24-18-36/h4-9,12-25,31-32,42-47,62H,26-30H2,1-3H3,(H,57,63)(H,58,68)(H3,55,56,67). The van der Waals surface area contributed by atoms with Gasteiger partial charge in [0.25, 0.3) is 0 Å². The molecule has 364 valence electrons. The Balaban J connectivity index is 1.31. The second kappa shape index (κ2) is 20.0. The van der Waals surface area contributed by atoms with Crippen LogP contribution in [-0.2, 0) is 38.8 Å². The van der Waals surface area contributed by atoms with Crippen molar-refractivity contribution in [3.8, 4) is 17.6 Å². The lowest BCUT2D eigenvalue weighted by Gasteiger charge is -2.46. The van der Waals surface area contributed by atoms with Crippen molar-refractivity contribution >= 4 is 52.9 Å². The Kier molecular flexibility index (Phi) is 13.5. The maximum atomic E-state index is 16.6. The number of phenols is 1. The molecule has 0 bridgehead atoms. The maximum Gasteiger partial charge on any atom is 0.329 e. The van der Waals surface area contributed by atoms with Crippen LogP contribution < -0.4 is 31.5 Å². The van der Waals surface area contributed by atoms with Crippen LogP contribution in [0.3, 0.4) is 0 Å². The number of nitrogens with one attached hydrogen (secondary N) is 3. The molecule has 17 heteroatoms. The third kappa shape index (κ3) is 8.88. The number of rotatable bonds is 10. The van der Waals surface area contributed by atoms with E-state index in [1.165, 1.54) is 25.3 Å². The number of carbonyl (C=O) groups is 6. The van der Waals surface area contributed by atoms with E-state index in [-0.39, 0.29) is 23.5 Å². The lowest BCUT2D eigenvalue weighted by atomic mass is 9.65. The molecule has 9 rings (SSSR count). The smallest absolute Gasteiger partial charge is 0.329 e. The molecule has 4 heterocycles. The van der Waals surface area contributed by atoms with E-state index in [1.54, 1.807) is 50.2 Å². The van der Waals surface area contributed by atoms with Gasteiger partial charge in [-0.3, -0.25) is 19.3 Å². The van der Waals surface area contributed by atoms with Gasteiger partial charge in [0.05, 0.1) is 50.6 Å². The van der Waals surface area contributed by atoms with Crippen molar-refractivity contribution in [2.75, 3.05) is 55.1 Å². The zero-order valence-corrected chi connectivity index (χ0v) is 39.2. The maximum absolute atomic E-state index is 16.6. The first-order valence-corrected chi connectivity index (χ1v) is 23.3. The fourth-order valence-electron chi connectivity index (χ4n) is 10.5. The van der Waals surface area contributed by atoms with Crippen LogP contribution in [0.15, 0.2) is 127 Å². The van der Waals surface area contributed by atoms with Crippen molar-refractivity contribution in [2.45, 2.75) is 49.5 Å². The molecule has 0 aromatic heterocycles. The summed E-state index contributed by atoms with van der Waals surface area (Å²) in [5.41, 5.74) is 6.72. The van der Waals surface area contributed by atoms with Gasteiger partial charge in [-0.1, -0.05) is 98.5 Å². The second-order valence-electron chi connectivity index (χ2n) is 18.1. The fourth-order valence-corrected chi connectivity index (χ4v) is 10.5. The topological polar surface area (TPSA) is 222 Å². The normalized spacial score (nSPS) is 22.9. The molecule has 1 spiro atoms. The number of urea groups is 2. The van der Waals surface area contributed by atoms with Gasteiger partial charge in [-0.15, -0.1) is 0 Å². The Morgan fingerprint density at radius 2 is 1.51 bits per heavy atom. The molecule has 4 aliphatic heterocycles. The molecule has 71 heavy (non-hydrogen) atoms. The monoisotopic (exact) mass is 959 g/mol. The quantitative estimate of drug-likeness (QED) is 0.0870. The number of aromatic hydroxyl groups is 1. The number of fused-ring (bicyclic) bond motifs is 3. The minimum Gasteiger partial charge on any atom is -0.508 e. The molecule has 4 aliphatic rings. The van der Waals surface area contributed by atoms with E-state index in [9.17, 15) is 14.7 Å². The summed E-state index contributed by atoms with van der Waals surface area (Å²) in [5, 5.41) is 19.0. The predicted molar refractivity (Wildman–Crippen MR) is 262 cm³/mol.